The number of rotatable bonds is 3. The van der Waals surface area contributed by atoms with Gasteiger partial charge in [0.05, 0.1) is 11.6 Å². The van der Waals surface area contributed by atoms with Gasteiger partial charge in [0, 0.05) is 16.7 Å². The molecule has 0 spiro atoms. The van der Waals surface area contributed by atoms with E-state index in [0.29, 0.717) is 5.56 Å². The molecule has 2 aromatic rings. The number of halogens is 1. The summed E-state index contributed by atoms with van der Waals surface area (Å²) < 4.78 is 0.911. The molecule has 0 saturated carbocycles. The highest BCUT2D eigenvalue weighted by Gasteiger charge is 2.01. The Hall–Kier alpha value is -1.79. The number of nitrogens with one attached hydrogen (secondary N) is 1. The van der Waals surface area contributed by atoms with E-state index in [0.717, 1.165) is 16.7 Å². The number of hydrogen-bond donors (Lipinski definition) is 1. The van der Waals surface area contributed by atoms with E-state index >= 15 is 0 Å². The van der Waals surface area contributed by atoms with Gasteiger partial charge in [-0.25, -0.2) is 0 Å². The zero-order valence-corrected chi connectivity index (χ0v) is 11.7. The first-order valence-corrected chi connectivity index (χ1v) is 6.47. The molecule has 0 amide bonds. The summed E-state index contributed by atoms with van der Waals surface area (Å²) in [7, 11) is 0. The Kier molecular flexibility index (Phi) is 4.01. The SMILES string of the molecule is Cc1ccc(CNc2ccc(C#N)cc2Br)cc1. The van der Waals surface area contributed by atoms with Crippen molar-refractivity contribution in [1.29, 1.82) is 5.26 Å². The summed E-state index contributed by atoms with van der Waals surface area (Å²) in [5.74, 6) is 0. The molecule has 0 aliphatic heterocycles. The van der Waals surface area contributed by atoms with Gasteiger partial charge in [0.2, 0.25) is 0 Å². The second kappa shape index (κ2) is 5.70. The fourth-order valence-electron chi connectivity index (χ4n) is 1.63. The number of nitriles is 1. The lowest BCUT2D eigenvalue weighted by Crippen LogP contribution is -2.00. The van der Waals surface area contributed by atoms with Gasteiger partial charge in [-0.2, -0.15) is 5.26 Å². The van der Waals surface area contributed by atoms with Crippen LogP contribution in [0.25, 0.3) is 0 Å². The Morgan fingerprint density at radius 3 is 2.50 bits per heavy atom. The lowest BCUT2D eigenvalue weighted by Gasteiger charge is -2.09. The molecule has 0 aromatic heterocycles. The Morgan fingerprint density at radius 1 is 1.17 bits per heavy atom. The highest BCUT2D eigenvalue weighted by Crippen LogP contribution is 2.23. The molecule has 90 valence electrons. The molecule has 0 radical (unpaired) electrons. The molecule has 0 aliphatic carbocycles. The Labute approximate surface area is 115 Å². The van der Waals surface area contributed by atoms with Gasteiger partial charge < -0.3 is 5.32 Å². The van der Waals surface area contributed by atoms with Crippen molar-refractivity contribution in [2.75, 3.05) is 5.32 Å². The van der Waals surface area contributed by atoms with Gasteiger partial charge in [-0.3, -0.25) is 0 Å². The molecule has 0 aliphatic rings. The van der Waals surface area contributed by atoms with Crippen LogP contribution < -0.4 is 5.32 Å². The van der Waals surface area contributed by atoms with Crippen molar-refractivity contribution < 1.29 is 0 Å². The standard InChI is InChI=1S/C15H13BrN2/c1-11-2-4-12(5-3-11)10-18-15-7-6-13(9-17)8-14(15)16/h2-8,18H,10H2,1H3. The van der Waals surface area contributed by atoms with Crippen molar-refractivity contribution in [3.05, 3.63) is 63.6 Å². The van der Waals surface area contributed by atoms with Crippen LogP contribution in [0.1, 0.15) is 16.7 Å². The summed E-state index contributed by atoms with van der Waals surface area (Å²) in [6.45, 7) is 2.85. The van der Waals surface area contributed by atoms with E-state index in [4.69, 9.17) is 5.26 Å². The van der Waals surface area contributed by atoms with E-state index in [1.807, 2.05) is 18.2 Å². The highest BCUT2D eigenvalue weighted by molar-refractivity contribution is 9.10. The van der Waals surface area contributed by atoms with Crippen molar-refractivity contribution in [3.63, 3.8) is 0 Å². The molecule has 0 unspecified atom stereocenters. The number of benzene rings is 2. The first-order chi connectivity index (χ1) is 8.69. The minimum atomic E-state index is 0.655. The topological polar surface area (TPSA) is 35.8 Å². The van der Waals surface area contributed by atoms with Gasteiger partial charge >= 0.3 is 0 Å². The summed E-state index contributed by atoms with van der Waals surface area (Å²) in [6.07, 6.45) is 0. The number of nitrogens with zero attached hydrogens (tertiary/aromatic N) is 1. The molecule has 0 fully saturated rings. The molecule has 2 nitrogen and oxygen atoms in total. The smallest absolute Gasteiger partial charge is 0.0992 e. The molecule has 2 aromatic carbocycles. The van der Waals surface area contributed by atoms with E-state index < -0.39 is 0 Å². The third-order valence-electron chi connectivity index (χ3n) is 2.70. The maximum Gasteiger partial charge on any atom is 0.0992 e. The van der Waals surface area contributed by atoms with E-state index in [1.54, 1.807) is 0 Å². The summed E-state index contributed by atoms with van der Waals surface area (Å²) in [6, 6.07) is 16.1. The van der Waals surface area contributed by atoms with Gasteiger partial charge in [-0.05, 0) is 46.6 Å². The van der Waals surface area contributed by atoms with Gasteiger partial charge in [-0.1, -0.05) is 29.8 Å². The Bertz CT molecular complexity index is 582. The normalized spacial score (nSPS) is 9.83. The van der Waals surface area contributed by atoms with Crippen LogP contribution in [0.15, 0.2) is 46.9 Å². The molecule has 0 bridgehead atoms. The zero-order valence-electron chi connectivity index (χ0n) is 10.1. The minimum absolute atomic E-state index is 0.655. The van der Waals surface area contributed by atoms with E-state index in [1.165, 1.54) is 11.1 Å². The van der Waals surface area contributed by atoms with Crippen molar-refractivity contribution in [2.45, 2.75) is 13.5 Å². The highest BCUT2D eigenvalue weighted by atomic mass is 79.9. The summed E-state index contributed by atoms with van der Waals surface area (Å²) in [4.78, 5) is 0. The van der Waals surface area contributed by atoms with Gasteiger partial charge in [0.25, 0.3) is 0 Å². The van der Waals surface area contributed by atoms with Crippen LogP contribution in [0.2, 0.25) is 0 Å². The quantitative estimate of drug-likeness (QED) is 0.920. The second-order valence-electron chi connectivity index (χ2n) is 4.15. The van der Waals surface area contributed by atoms with Crippen molar-refractivity contribution >= 4 is 21.6 Å². The molecule has 3 heteroatoms. The van der Waals surface area contributed by atoms with Gasteiger partial charge in [0.15, 0.2) is 0 Å². The molecule has 2 rings (SSSR count). The molecule has 1 N–H and O–H groups in total. The van der Waals surface area contributed by atoms with Crippen LogP contribution in [0, 0.1) is 18.3 Å². The monoisotopic (exact) mass is 300 g/mol. The fraction of sp³-hybridized carbons (Fsp3) is 0.133. The van der Waals surface area contributed by atoms with E-state index in [2.05, 4.69) is 58.5 Å². The lowest BCUT2D eigenvalue weighted by atomic mass is 10.1. The predicted molar refractivity (Wildman–Crippen MR) is 77.4 cm³/mol. The van der Waals surface area contributed by atoms with Crippen molar-refractivity contribution in [2.24, 2.45) is 0 Å². The maximum atomic E-state index is 8.80. The Morgan fingerprint density at radius 2 is 1.89 bits per heavy atom. The predicted octanol–water partition coefficient (Wildman–Crippen LogP) is 4.24. The van der Waals surface area contributed by atoms with Crippen LogP contribution in [-0.2, 0) is 6.54 Å². The first-order valence-electron chi connectivity index (χ1n) is 5.68. The number of hydrogen-bond acceptors (Lipinski definition) is 2. The van der Waals surface area contributed by atoms with Crippen LogP contribution in [-0.4, -0.2) is 0 Å². The number of anilines is 1. The van der Waals surface area contributed by atoms with Crippen molar-refractivity contribution in [3.8, 4) is 6.07 Å². The van der Waals surface area contributed by atoms with E-state index in [9.17, 15) is 0 Å². The van der Waals surface area contributed by atoms with Crippen LogP contribution in [0.3, 0.4) is 0 Å². The summed E-state index contributed by atoms with van der Waals surface area (Å²) >= 11 is 3.46. The third kappa shape index (κ3) is 3.12. The van der Waals surface area contributed by atoms with Crippen molar-refractivity contribution in [1.82, 2.24) is 0 Å². The lowest BCUT2D eigenvalue weighted by molar-refractivity contribution is 1.14. The molecule has 0 heterocycles. The largest absolute Gasteiger partial charge is 0.380 e. The fourth-order valence-corrected chi connectivity index (χ4v) is 2.15. The molecular weight excluding hydrogens is 288 g/mol. The molecule has 0 saturated heterocycles. The zero-order chi connectivity index (χ0) is 13.0. The van der Waals surface area contributed by atoms with Gasteiger partial charge in [-0.15, -0.1) is 0 Å². The summed E-state index contributed by atoms with van der Waals surface area (Å²) in [5, 5.41) is 12.1. The average molecular weight is 301 g/mol. The number of aryl methyl sites for hydroxylation is 1. The Balaban J connectivity index is 2.06. The van der Waals surface area contributed by atoms with Crippen LogP contribution in [0.4, 0.5) is 5.69 Å². The van der Waals surface area contributed by atoms with Crippen LogP contribution >= 0.6 is 15.9 Å². The minimum Gasteiger partial charge on any atom is -0.380 e. The molecular formula is C15H13BrN2. The average Bonchev–Trinajstić information content (AvgIpc) is 2.39. The molecule has 0 atom stereocenters. The maximum absolute atomic E-state index is 8.80. The van der Waals surface area contributed by atoms with E-state index in [-0.39, 0.29) is 0 Å². The second-order valence-corrected chi connectivity index (χ2v) is 5.00. The summed E-state index contributed by atoms with van der Waals surface area (Å²) in [5.41, 5.74) is 4.15. The van der Waals surface area contributed by atoms with Crippen LogP contribution in [0.5, 0.6) is 0 Å². The third-order valence-corrected chi connectivity index (χ3v) is 3.36. The van der Waals surface area contributed by atoms with Gasteiger partial charge in [0.1, 0.15) is 0 Å². The first kappa shape index (κ1) is 12.7. The molecule has 18 heavy (non-hydrogen) atoms.